The highest BCUT2D eigenvalue weighted by Gasteiger charge is 2.36. The van der Waals surface area contributed by atoms with Gasteiger partial charge in [0.05, 0.1) is 10.5 Å². The number of nitrogens with one attached hydrogen (secondary N) is 1. The summed E-state index contributed by atoms with van der Waals surface area (Å²) in [6, 6.07) is 18.7. The van der Waals surface area contributed by atoms with Crippen molar-refractivity contribution in [3.8, 4) is 5.75 Å². The summed E-state index contributed by atoms with van der Waals surface area (Å²) in [6.45, 7) is -0.352. The maximum atomic E-state index is 12.9. The van der Waals surface area contributed by atoms with E-state index >= 15 is 0 Å². The van der Waals surface area contributed by atoms with Crippen LogP contribution in [0.3, 0.4) is 0 Å². The number of anilines is 1. The number of carbonyl (C=O) groups excluding carboxylic acids is 3. The van der Waals surface area contributed by atoms with Crippen LogP contribution in [-0.2, 0) is 22.4 Å². The number of nitrogens with zero attached hydrogens (tertiary/aromatic N) is 1. The molecule has 1 fully saturated rings. The summed E-state index contributed by atoms with van der Waals surface area (Å²) in [7, 11) is 0. The summed E-state index contributed by atoms with van der Waals surface area (Å²) in [5.74, 6) is -0.988. The number of halogens is 4. The van der Waals surface area contributed by atoms with Gasteiger partial charge in [-0.3, -0.25) is 19.3 Å². The molecule has 1 aliphatic heterocycles. The molecule has 6 nitrogen and oxygen atoms in total. The van der Waals surface area contributed by atoms with Gasteiger partial charge < -0.3 is 10.1 Å². The minimum Gasteiger partial charge on any atom is -0.488 e. The average molecular weight is 591 g/mol. The van der Waals surface area contributed by atoms with Crippen molar-refractivity contribution in [2.75, 3.05) is 11.9 Å². The second-order valence-electron chi connectivity index (χ2n) is 7.85. The Hall–Kier alpha value is -3.57. The SMILES string of the molecule is O=C(CN1C(=O)S/C(=C\c2ccccc2OCc2ccc(Br)cc2)C1=O)Nc1cccc(C(F)(F)F)c1. The maximum Gasteiger partial charge on any atom is 0.416 e. The van der Waals surface area contributed by atoms with E-state index in [0.717, 1.165) is 33.1 Å². The number of imide groups is 1. The first-order chi connectivity index (χ1) is 17.6. The third kappa shape index (κ3) is 6.80. The number of rotatable bonds is 7. The lowest BCUT2D eigenvalue weighted by molar-refractivity contribution is -0.137. The van der Waals surface area contributed by atoms with Crippen LogP contribution in [0, 0.1) is 0 Å². The number of hydrogen-bond donors (Lipinski definition) is 1. The molecule has 3 aromatic carbocycles. The molecule has 0 spiro atoms. The van der Waals surface area contributed by atoms with Crippen molar-refractivity contribution < 1.29 is 32.3 Å². The lowest BCUT2D eigenvalue weighted by Crippen LogP contribution is -2.36. The molecule has 0 aromatic heterocycles. The number of hydrogen-bond acceptors (Lipinski definition) is 5. The zero-order valence-corrected chi connectivity index (χ0v) is 21.3. The Bertz CT molecular complexity index is 1380. The molecule has 1 N–H and O–H groups in total. The van der Waals surface area contributed by atoms with Gasteiger partial charge in [0.15, 0.2) is 0 Å². The Balaban J connectivity index is 1.43. The largest absolute Gasteiger partial charge is 0.488 e. The number of ether oxygens (including phenoxy) is 1. The van der Waals surface area contributed by atoms with Crippen molar-refractivity contribution in [2.45, 2.75) is 12.8 Å². The molecule has 1 heterocycles. The van der Waals surface area contributed by atoms with E-state index in [9.17, 15) is 27.6 Å². The highest BCUT2D eigenvalue weighted by molar-refractivity contribution is 9.10. The van der Waals surface area contributed by atoms with Crippen LogP contribution in [-0.4, -0.2) is 28.5 Å². The van der Waals surface area contributed by atoms with Crippen LogP contribution in [0.2, 0.25) is 0 Å². The maximum absolute atomic E-state index is 12.9. The van der Waals surface area contributed by atoms with Crippen molar-refractivity contribution in [3.63, 3.8) is 0 Å². The van der Waals surface area contributed by atoms with Crippen LogP contribution in [0.25, 0.3) is 6.08 Å². The van der Waals surface area contributed by atoms with Crippen molar-refractivity contribution in [2.24, 2.45) is 0 Å². The summed E-state index contributed by atoms with van der Waals surface area (Å²) >= 11 is 4.04. The predicted molar refractivity (Wildman–Crippen MR) is 138 cm³/mol. The normalized spacial score (nSPS) is 14.8. The molecule has 3 aromatic rings. The second kappa shape index (κ2) is 11.2. The van der Waals surface area contributed by atoms with Gasteiger partial charge in [0, 0.05) is 15.7 Å². The van der Waals surface area contributed by atoms with Crippen LogP contribution < -0.4 is 10.1 Å². The van der Waals surface area contributed by atoms with Crippen molar-refractivity contribution in [1.29, 1.82) is 0 Å². The zero-order chi connectivity index (χ0) is 26.6. The van der Waals surface area contributed by atoms with E-state index < -0.39 is 35.3 Å². The molecule has 0 unspecified atom stereocenters. The fourth-order valence-electron chi connectivity index (χ4n) is 3.37. The number of carbonyl (C=O) groups is 3. The Labute approximate surface area is 222 Å². The zero-order valence-electron chi connectivity index (χ0n) is 18.9. The minimum absolute atomic E-state index is 0.0940. The summed E-state index contributed by atoms with van der Waals surface area (Å²) < 4.78 is 45.6. The Morgan fingerprint density at radius 1 is 1.03 bits per heavy atom. The summed E-state index contributed by atoms with van der Waals surface area (Å²) in [4.78, 5) is 38.5. The Kier molecular flexibility index (Phi) is 8.03. The van der Waals surface area contributed by atoms with Crippen molar-refractivity contribution >= 4 is 56.5 Å². The highest BCUT2D eigenvalue weighted by Crippen LogP contribution is 2.34. The molecule has 1 aliphatic rings. The molecule has 1 saturated heterocycles. The predicted octanol–water partition coefficient (Wildman–Crippen LogP) is 6.72. The van der Waals surface area contributed by atoms with Crippen molar-refractivity contribution in [1.82, 2.24) is 4.90 Å². The number of thioether (sulfide) groups is 1. The standard InChI is InChI=1S/C26H18BrF3N2O4S/c27-19-10-8-16(9-11-19)15-36-21-7-2-1-4-17(21)12-22-24(34)32(25(35)37-22)14-23(33)31-20-6-3-5-18(13-20)26(28,29)30/h1-13H,14-15H2,(H,31,33)/b22-12-. The summed E-state index contributed by atoms with van der Waals surface area (Å²) in [6.07, 6.45) is -3.07. The molecule has 4 rings (SSSR count). The third-order valence-electron chi connectivity index (χ3n) is 5.16. The van der Waals surface area contributed by atoms with Gasteiger partial charge in [-0.25, -0.2) is 0 Å². The van der Waals surface area contributed by atoms with E-state index in [2.05, 4.69) is 21.2 Å². The summed E-state index contributed by atoms with van der Waals surface area (Å²) in [5.41, 5.74) is 0.475. The molecule has 0 radical (unpaired) electrons. The van der Waals surface area contributed by atoms with E-state index in [4.69, 9.17) is 4.74 Å². The molecule has 3 amide bonds. The molecule has 0 saturated carbocycles. The highest BCUT2D eigenvalue weighted by atomic mass is 79.9. The fourth-order valence-corrected chi connectivity index (χ4v) is 4.46. The lowest BCUT2D eigenvalue weighted by atomic mass is 10.1. The van der Waals surface area contributed by atoms with E-state index in [1.165, 1.54) is 12.1 Å². The molecule has 11 heteroatoms. The second-order valence-corrected chi connectivity index (χ2v) is 9.76. The molecule has 0 atom stereocenters. The number of para-hydroxylation sites is 1. The molecule has 37 heavy (non-hydrogen) atoms. The van der Waals surface area contributed by atoms with E-state index in [-0.39, 0.29) is 17.2 Å². The van der Waals surface area contributed by atoms with Gasteiger partial charge in [-0.1, -0.05) is 52.3 Å². The van der Waals surface area contributed by atoms with Gasteiger partial charge in [-0.15, -0.1) is 0 Å². The monoisotopic (exact) mass is 590 g/mol. The number of benzene rings is 3. The quantitative estimate of drug-likeness (QED) is 0.309. The average Bonchev–Trinajstić information content (AvgIpc) is 3.11. The lowest BCUT2D eigenvalue weighted by Gasteiger charge is -2.13. The fraction of sp³-hybridized carbons (Fsp3) is 0.115. The van der Waals surface area contributed by atoms with E-state index in [1.807, 2.05) is 24.3 Å². The number of amides is 3. The van der Waals surface area contributed by atoms with Gasteiger partial charge in [-0.2, -0.15) is 13.2 Å². The van der Waals surface area contributed by atoms with Crippen LogP contribution in [0.4, 0.5) is 23.7 Å². The Morgan fingerprint density at radius 3 is 2.49 bits per heavy atom. The topological polar surface area (TPSA) is 75.7 Å². The number of alkyl halides is 3. The first-order valence-corrected chi connectivity index (χ1v) is 12.4. The summed E-state index contributed by atoms with van der Waals surface area (Å²) in [5, 5.41) is 1.63. The molecular formula is C26H18BrF3N2O4S. The first-order valence-electron chi connectivity index (χ1n) is 10.8. The van der Waals surface area contributed by atoms with Gasteiger partial charge >= 0.3 is 6.18 Å². The molecule has 0 aliphatic carbocycles. The molecule has 0 bridgehead atoms. The van der Waals surface area contributed by atoms with Crippen molar-refractivity contribution in [3.05, 3.63) is 98.9 Å². The third-order valence-corrected chi connectivity index (χ3v) is 6.60. The minimum atomic E-state index is -4.57. The molecule has 190 valence electrons. The van der Waals surface area contributed by atoms with Crippen LogP contribution >= 0.6 is 27.7 Å². The first kappa shape index (κ1) is 26.5. The van der Waals surface area contributed by atoms with Gasteiger partial charge in [0.1, 0.15) is 18.9 Å². The van der Waals surface area contributed by atoms with E-state index in [1.54, 1.807) is 24.3 Å². The smallest absolute Gasteiger partial charge is 0.416 e. The molecular weight excluding hydrogens is 573 g/mol. The van der Waals surface area contributed by atoms with Gasteiger partial charge in [0.2, 0.25) is 5.91 Å². The van der Waals surface area contributed by atoms with Crippen LogP contribution in [0.5, 0.6) is 5.75 Å². The van der Waals surface area contributed by atoms with Gasteiger partial charge in [-0.05, 0) is 59.8 Å². The van der Waals surface area contributed by atoms with Gasteiger partial charge in [0.25, 0.3) is 11.1 Å². The van der Waals surface area contributed by atoms with Crippen LogP contribution in [0.15, 0.2) is 82.2 Å². The van der Waals surface area contributed by atoms with Crippen LogP contribution in [0.1, 0.15) is 16.7 Å². The van der Waals surface area contributed by atoms with E-state index in [0.29, 0.717) is 23.1 Å². The Morgan fingerprint density at radius 2 is 1.76 bits per heavy atom.